The SMILES string of the molecule is CC.CCc1ccccc1C.[HH]. The van der Waals surface area contributed by atoms with E-state index in [9.17, 15) is 0 Å². The zero-order valence-electron chi connectivity index (χ0n) is 8.02. The predicted octanol–water partition coefficient (Wildman–Crippen LogP) is 3.83. The van der Waals surface area contributed by atoms with Crippen molar-refractivity contribution in [3.05, 3.63) is 35.4 Å². The number of rotatable bonds is 1. The number of hydrogen-bond acceptors (Lipinski definition) is 0. The normalized spacial score (nSPS) is 8.36. The molecule has 0 heteroatoms. The maximum absolute atomic E-state index is 2.18. The number of aryl methyl sites for hydroxylation is 2. The molecule has 0 saturated carbocycles. The molecule has 0 bridgehead atoms. The van der Waals surface area contributed by atoms with Crippen LogP contribution in [0.25, 0.3) is 0 Å². The highest BCUT2D eigenvalue weighted by Crippen LogP contribution is 2.06. The maximum Gasteiger partial charge on any atom is 0 e. The summed E-state index contributed by atoms with van der Waals surface area (Å²) < 4.78 is 0. The third kappa shape index (κ3) is 3.22. The Morgan fingerprint density at radius 2 is 1.73 bits per heavy atom. The summed E-state index contributed by atoms with van der Waals surface area (Å²) in [5.41, 5.74) is 2.86. The fourth-order valence-electron chi connectivity index (χ4n) is 1.01. The molecule has 1 aromatic rings. The second kappa shape index (κ2) is 5.96. The molecule has 0 aliphatic carbocycles. The van der Waals surface area contributed by atoms with Gasteiger partial charge < -0.3 is 0 Å². The van der Waals surface area contributed by atoms with E-state index in [1.807, 2.05) is 13.8 Å². The Hall–Kier alpha value is -0.780. The van der Waals surface area contributed by atoms with Crippen LogP contribution in [0.1, 0.15) is 33.3 Å². The van der Waals surface area contributed by atoms with Gasteiger partial charge in [0.2, 0.25) is 0 Å². The molecule has 0 atom stereocenters. The van der Waals surface area contributed by atoms with Gasteiger partial charge in [-0.25, -0.2) is 0 Å². The van der Waals surface area contributed by atoms with Crippen molar-refractivity contribution >= 4 is 0 Å². The molecule has 64 valence electrons. The second-order valence-corrected chi connectivity index (χ2v) is 2.28. The van der Waals surface area contributed by atoms with Crippen LogP contribution in [-0.2, 0) is 6.42 Å². The first-order chi connectivity index (χ1) is 5.34. The smallest absolute Gasteiger partial charge is 0 e. The summed E-state index contributed by atoms with van der Waals surface area (Å²) in [6.45, 7) is 8.33. The van der Waals surface area contributed by atoms with E-state index in [2.05, 4.69) is 38.1 Å². The van der Waals surface area contributed by atoms with Crippen molar-refractivity contribution in [2.45, 2.75) is 34.1 Å². The molecule has 0 amide bonds. The molecule has 0 heterocycles. The van der Waals surface area contributed by atoms with Gasteiger partial charge in [0.15, 0.2) is 0 Å². The van der Waals surface area contributed by atoms with Crippen LogP contribution in [0.15, 0.2) is 24.3 Å². The molecule has 0 radical (unpaired) electrons. The van der Waals surface area contributed by atoms with Crippen LogP contribution in [0.5, 0.6) is 0 Å². The Morgan fingerprint density at radius 1 is 1.18 bits per heavy atom. The third-order valence-corrected chi connectivity index (χ3v) is 1.64. The van der Waals surface area contributed by atoms with Gasteiger partial charge in [-0.1, -0.05) is 45.0 Å². The van der Waals surface area contributed by atoms with Crippen molar-refractivity contribution < 1.29 is 1.43 Å². The minimum absolute atomic E-state index is 0. The van der Waals surface area contributed by atoms with Crippen molar-refractivity contribution in [1.82, 2.24) is 0 Å². The molecule has 0 aliphatic heterocycles. The lowest BCUT2D eigenvalue weighted by Gasteiger charge is -1.98. The van der Waals surface area contributed by atoms with Gasteiger partial charge in [0.1, 0.15) is 0 Å². The van der Waals surface area contributed by atoms with Gasteiger partial charge in [0.05, 0.1) is 0 Å². The highest BCUT2D eigenvalue weighted by Gasteiger charge is 1.89. The van der Waals surface area contributed by atoms with Crippen LogP contribution in [0, 0.1) is 6.92 Å². The molecular formula is C11H20. The Balaban J connectivity index is 0. The first kappa shape index (κ1) is 10.2. The van der Waals surface area contributed by atoms with Crippen molar-refractivity contribution in [3.63, 3.8) is 0 Å². The van der Waals surface area contributed by atoms with Crippen LogP contribution < -0.4 is 0 Å². The molecular weight excluding hydrogens is 132 g/mol. The first-order valence-electron chi connectivity index (χ1n) is 4.39. The van der Waals surface area contributed by atoms with Crippen LogP contribution in [0.3, 0.4) is 0 Å². The minimum Gasteiger partial charge on any atom is -0.0683 e. The van der Waals surface area contributed by atoms with Crippen molar-refractivity contribution in [2.24, 2.45) is 0 Å². The first-order valence-corrected chi connectivity index (χ1v) is 4.39. The van der Waals surface area contributed by atoms with Gasteiger partial charge in [-0.15, -0.1) is 0 Å². The standard InChI is InChI=1S/C9H12.C2H6.H2/c1-3-9-7-5-4-6-8(9)2;1-2;/h4-7H,3H2,1-2H3;1-2H3;1H. The van der Waals surface area contributed by atoms with Crippen LogP contribution in [0.2, 0.25) is 0 Å². The van der Waals surface area contributed by atoms with Gasteiger partial charge in [-0.3, -0.25) is 0 Å². The lowest BCUT2D eigenvalue weighted by atomic mass is 10.1. The highest BCUT2D eigenvalue weighted by molar-refractivity contribution is 5.24. The van der Waals surface area contributed by atoms with E-state index in [1.165, 1.54) is 11.1 Å². The number of benzene rings is 1. The Kier molecular flexibility index (Phi) is 5.54. The molecule has 1 aromatic carbocycles. The summed E-state index contributed by atoms with van der Waals surface area (Å²) in [4.78, 5) is 0. The average Bonchev–Trinajstić information content (AvgIpc) is 2.09. The summed E-state index contributed by atoms with van der Waals surface area (Å²) in [6, 6.07) is 8.49. The molecule has 1 rings (SSSR count). The van der Waals surface area contributed by atoms with Gasteiger partial charge in [0, 0.05) is 1.43 Å². The Labute approximate surface area is 71.7 Å². The summed E-state index contributed by atoms with van der Waals surface area (Å²) in [6.07, 6.45) is 1.15. The molecule has 0 unspecified atom stereocenters. The second-order valence-electron chi connectivity index (χ2n) is 2.28. The van der Waals surface area contributed by atoms with Gasteiger partial charge in [0.25, 0.3) is 0 Å². The topological polar surface area (TPSA) is 0 Å². The van der Waals surface area contributed by atoms with E-state index in [4.69, 9.17) is 0 Å². The highest BCUT2D eigenvalue weighted by atomic mass is 13.9. The van der Waals surface area contributed by atoms with E-state index in [1.54, 1.807) is 0 Å². The predicted molar refractivity (Wildman–Crippen MR) is 54.0 cm³/mol. The van der Waals surface area contributed by atoms with Crippen molar-refractivity contribution in [2.75, 3.05) is 0 Å². The fraction of sp³-hybridized carbons (Fsp3) is 0.455. The zero-order chi connectivity index (χ0) is 8.69. The van der Waals surface area contributed by atoms with Gasteiger partial charge in [-0.05, 0) is 24.5 Å². The van der Waals surface area contributed by atoms with E-state index in [0.717, 1.165) is 6.42 Å². The Bertz CT molecular complexity index is 194. The lowest BCUT2D eigenvalue weighted by Crippen LogP contribution is -1.82. The average molecular weight is 152 g/mol. The monoisotopic (exact) mass is 152 g/mol. The Morgan fingerprint density at radius 3 is 2.09 bits per heavy atom. The maximum atomic E-state index is 2.18. The quantitative estimate of drug-likeness (QED) is 0.573. The van der Waals surface area contributed by atoms with E-state index >= 15 is 0 Å². The summed E-state index contributed by atoms with van der Waals surface area (Å²) >= 11 is 0. The summed E-state index contributed by atoms with van der Waals surface area (Å²) in [5.74, 6) is 0. The third-order valence-electron chi connectivity index (χ3n) is 1.64. The molecule has 0 spiro atoms. The molecule has 0 aliphatic rings. The van der Waals surface area contributed by atoms with Crippen LogP contribution in [0.4, 0.5) is 0 Å². The van der Waals surface area contributed by atoms with E-state index < -0.39 is 0 Å². The molecule has 0 N–H and O–H groups in total. The van der Waals surface area contributed by atoms with Gasteiger partial charge >= 0.3 is 0 Å². The molecule has 0 nitrogen and oxygen atoms in total. The summed E-state index contributed by atoms with van der Waals surface area (Å²) in [5, 5.41) is 0. The number of hydrogen-bond donors (Lipinski definition) is 0. The van der Waals surface area contributed by atoms with Crippen LogP contribution in [-0.4, -0.2) is 0 Å². The van der Waals surface area contributed by atoms with Crippen molar-refractivity contribution in [3.8, 4) is 0 Å². The molecule has 11 heavy (non-hydrogen) atoms. The largest absolute Gasteiger partial charge is 0.0683 e. The van der Waals surface area contributed by atoms with E-state index in [0.29, 0.717) is 0 Å². The molecule has 0 fully saturated rings. The molecule has 0 saturated heterocycles. The van der Waals surface area contributed by atoms with Gasteiger partial charge in [-0.2, -0.15) is 0 Å². The fourth-order valence-corrected chi connectivity index (χ4v) is 1.01. The molecule has 0 aromatic heterocycles. The summed E-state index contributed by atoms with van der Waals surface area (Å²) in [7, 11) is 0. The zero-order valence-corrected chi connectivity index (χ0v) is 8.02. The lowest BCUT2D eigenvalue weighted by molar-refractivity contribution is 1.11. The van der Waals surface area contributed by atoms with E-state index in [-0.39, 0.29) is 1.43 Å². The van der Waals surface area contributed by atoms with Crippen LogP contribution >= 0.6 is 0 Å². The van der Waals surface area contributed by atoms with Crippen molar-refractivity contribution in [1.29, 1.82) is 0 Å². The minimum atomic E-state index is 0.